The molecule has 4 rings (SSSR count). The quantitative estimate of drug-likeness (QED) is 0.690. The molecule has 1 amide bonds. The lowest BCUT2D eigenvalue weighted by Crippen LogP contribution is -2.39. The summed E-state index contributed by atoms with van der Waals surface area (Å²) in [6.07, 6.45) is 5.72. The topological polar surface area (TPSA) is 96.7 Å². The molecule has 30 heavy (non-hydrogen) atoms. The summed E-state index contributed by atoms with van der Waals surface area (Å²) in [5.41, 5.74) is 4.18. The number of aromatic nitrogens is 3. The molecule has 0 radical (unpaired) electrons. The lowest BCUT2D eigenvalue weighted by atomic mass is 9.98. The third kappa shape index (κ3) is 4.02. The molecule has 1 aliphatic heterocycles. The molecule has 1 N–H and O–H groups in total. The van der Waals surface area contributed by atoms with E-state index >= 15 is 0 Å². The first-order valence-electron chi connectivity index (χ1n) is 9.94. The number of nitrogens with one attached hydrogen (secondary N) is 1. The van der Waals surface area contributed by atoms with Gasteiger partial charge in [-0.25, -0.2) is 17.9 Å². The largest absolute Gasteiger partial charge is 0.330 e. The predicted octanol–water partition coefficient (Wildman–Crippen LogP) is 3.09. The Morgan fingerprint density at radius 3 is 2.73 bits per heavy atom. The maximum absolute atomic E-state index is 13.5. The molecule has 0 saturated carbocycles. The monoisotopic (exact) mass is 427 g/mol. The second kappa shape index (κ2) is 7.71. The van der Waals surface area contributed by atoms with Crippen LogP contribution in [0.25, 0.3) is 5.65 Å². The van der Waals surface area contributed by atoms with Crippen LogP contribution in [0.15, 0.2) is 36.5 Å². The summed E-state index contributed by atoms with van der Waals surface area (Å²) in [5.74, 6) is -0.205. The molecule has 158 valence electrons. The van der Waals surface area contributed by atoms with E-state index in [-0.39, 0.29) is 17.6 Å². The van der Waals surface area contributed by atoms with Crippen molar-refractivity contribution in [3.8, 4) is 0 Å². The number of rotatable bonds is 4. The van der Waals surface area contributed by atoms with E-state index in [4.69, 9.17) is 5.10 Å². The summed E-state index contributed by atoms with van der Waals surface area (Å²) in [6.45, 7) is 4.55. The zero-order chi connectivity index (χ0) is 21.5. The fourth-order valence-electron chi connectivity index (χ4n) is 3.88. The van der Waals surface area contributed by atoms with Crippen LogP contribution in [0.5, 0.6) is 0 Å². The predicted molar refractivity (Wildman–Crippen MR) is 115 cm³/mol. The Hall–Kier alpha value is -2.94. The molecule has 3 heterocycles. The minimum Gasteiger partial charge on any atom is -0.330 e. The third-order valence-corrected chi connectivity index (χ3v) is 6.05. The van der Waals surface area contributed by atoms with E-state index in [1.165, 1.54) is 0 Å². The Bertz CT molecular complexity index is 1180. The number of anilines is 1. The van der Waals surface area contributed by atoms with E-state index in [0.29, 0.717) is 12.1 Å². The van der Waals surface area contributed by atoms with Gasteiger partial charge in [0, 0.05) is 24.5 Å². The first-order chi connectivity index (χ1) is 14.2. The molecule has 8 nitrogen and oxygen atoms in total. The SMILES string of the molecule is Cc1cn2nc([C@@H]3CCCCN3C(=O)c3ccccc3NS(C)(=O)=O)cc2nc1C. The van der Waals surface area contributed by atoms with E-state index in [9.17, 15) is 13.2 Å². The van der Waals surface area contributed by atoms with Gasteiger partial charge in [0.25, 0.3) is 5.91 Å². The lowest BCUT2D eigenvalue weighted by molar-refractivity contribution is 0.0607. The number of benzene rings is 1. The first-order valence-corrected chi connectivity index (χ1v) is 11.8. The van der Waals surface area contributed by atoms with E-state index in [0.717, 1.165) is 48.1 Å². The highest BCUT2D eigenvalue weighted by Gasteiger charge is 2.32. The van der Waals surface area contributed by atoms with Crippen LogP contribution >= 0.6 is 0 Å². The van der Waals surface area contributed by atoms with Crippen molar-refractivity contribution < 1.29 is 13.2 Å². The van der Waals surface area contributed by atoms with Crippen molar-refractivity contribution in [1.82, 2.24) is 19.5 Å². The number of hydrogen-bond donors (Lipinski definition) is 1. The molecular formula is C21H25N5O3S. The number of aryl methyl sites for hydroxylation is 2. The van der Waals surface area contributed by atoms with Crippen LogP contribution in [0, 0.1) is 13.8 Å². The fourth-order valence-corrected chi connectivity index (χ4v) is 4.45. The Balaban J connectivity index is 1.71. The molecule has 1 aliphatic rings. The van der Waals surface area contributed by atoms with Crippen molar-refractivity contribution in [3.05, 3.63) is 59.0 Å². The van der Waals surface area contributed by atoms with Crippen molar-refractivity contribution in [2.45, 2.75) is 39.2 Å². The lowest BCUT2D eigenvalue weighted by Gasteiger charge is -2.35. The number of amides is 1. The standard InChI is InChI=1S/C21H25N5O3S/c1-14-13-26-20(22-15(14)2)12-18(23-26)19-10-6-7-11-25(19)21(27)16-8-4-5-9-17(16)24-30(3,28)29/h4-5,8-9,12-13,19,24H,6-7,10-11H2,1-3H3/t19-/m0/s1. The summed E-state index contributed by atoms with van der Waals surface area (Å²) >= 11 is 0. The Morgan fingerprint density at radius 2 is 1.97 bits per heavy atom. The molecular weight excluding hydrogens is 402 g/mol. The van der Waals surface area contributed by atoms with E-state index in [1.54, 1.807) is 33.7 Å². The van der Waals surface area contributed by atoms with Crippen LogP contribution in [0.2, 0.25) is 0 Å². The van der Waals surface area contributed by atoms with Crippen molar-refractivity contribution in [2.75, 3.05) is 17.5 Å². The number of sulfonamides is 1. The van der Waals surface area contributed by atoms with Crippen LogP contribution in [0.4, 0.5) is 5.69 Å². The van der Waals surface area contributed by atoms with Gasteiger partial charge in [0.2, 0.25) is 10.0 Å². The number of nitrogens with zero attached hydrogens (tertiary/aromatic N) is 4. The van der Waals surface area contributed by atoms with E-state index < -0.39 is 10.0 Å². The summed E-state index contributed by atoms with van der Waals surface area (Å²) in [4.78, 5) is 19.8. The molecule has 0 spiro atoms. The second-order valence-electron chi connectivity index (χ2n) is 7.81. The normalized spacial score (nSPS) is 17.3. The van der Waals surface area contributed by atoms with Crippen LogP contribution in [-0.2, 0) is 10.0 Å². The van der Waals surface area contributed by atoms with Crippen molar-refractivity contribution >= 4 is 27.3 Å². The van der Waals surface area contributed by atoms with E-state index in [2.05, 4.69) is 9.71 Å². The van der Waals surface area contributed by atoms with Crippen molar-refractivity contribution in [2.24, 2.45) is 0 Å². The van der Waals surface area contributed by atoms with Gasteiger partial charge in [-0.15, -0.1) is 0 Å². The highest BCUT2D eigenvalue weighted by Crippen LogP contribution is 2.33. The summed E-state index contributed by atoms with van der Waals surface area (Å²) in [5, 5.41) is 4.70. The van der Waals surface area contributed by atoms with Gasteiger partial charge in [-0.1, -0.05) is 12.1 Å². The van der Waals surface area contributed by atoms with Gasteiger partial charge < -0.3 is 4.90 Å². The minimum absolute atomic E-state index is 0.181. The van der Waals surface area contributed by atoms with Gasteiger partial charge in [0.15, 0.2) is 5.65 Å². The Labute approximate surface area is 176 Å². The van der Waals surface area contributed by atoms with Gasteiger partial charge in [0.1, 0.15) is 0 Å². The average molecular weight is 428 g/mol. The van der Waals surface area contributed by atoms with E-state index in [1.807, 2.05) is 26.1 Å². The van der Waals surface area contributed by atoms with Gasteiger partial charge in [0.05, 0.1) is 29.2 Å². The zero-order valence-electron chi connectivity index (χ0n) is 17.3. The molecule has 3 aromatic rings. The minimum atomic E-state index is -3.50. The molecule has 0 aliphatic carbocycles. The molecule has 2 aromatic heterocycles. The number of carbonyl (C=O) groups is 1. The van der Waals surface area contributed by atoms with Crippen molar-refractivity contribution in [1.29, 1.82) is 0 Å². The molecule has 0 unspecified atom stereocenters. The van der Waals surface area contributed by atoms with Gasteiger partial charge in [-0.3, -0.25) is 9.52 Å². The average Bonchev–Trinajstić information content (AvgIpc) is 3.09. The number of likely N-dealkylation sites (tertiary alicyclic amines) is 1. The zero-order valence-corrected chi connectivity index (χ0v) is 18.1. The highest BCUT2D eigenvalue weighted by molar-refractivity contribution is 7.92. The molecule has 1 atom stereocenters. The number of carbonyl (C=O) groups excluding carboxylic acids is 1. The molecule has 1 saturated heterocycles. The second-order valence-corrected chi connectivity index (χ2v) is 9.56. The smallest absolute Gasteiger partial charge is 0.256 e. The molecule has 1 fully saturated rings. The van der Waals surface area contributed by atoms with Crippen LogP contribution in [-0.4, -0.2) is 46.6 Å². The van der Waals surface area contributed by atoms with Crippen LogP contribution in [0.1, 0.15) is 52.6 Å². The summed E-state index contributed by atoms with van der Waals surface area (Å²) in [7, 11) is -3.50. The molecule has 0 bridgehead atoms. The van der Waals surface area contributed by atoms with Gasteiger partial charge >= 0.3 is 0 Å². The number of hydrogen-bond acceptors (Lipinski definition) is 5. The molecule has 9 heteroatoms. The first kappa shape index (κ1) is 20.3. The van der Waals surface area contributed by atoms with Crippen LogP contribution < -0.4 is 4.72 Å². The number of fused-ring (bicyclic) bond motifs is 1. The highest BCUT2D eigenvalue weighted by atomic mass is 32.2. The summed E-state index contributed by atoms with van der Waals surface area (Å²) in [6, 6.07) is 8.45. The van der Waals surface area contributed by atoms with Gasteiger partial charge in [-0.2, -0.15) is 5.10 Å². The maximum Gasteiger partial charge on any atom is 0.256 e. The maximum atomic E-state index is 13.5. The summed E-state index contributed by atoms with van der Waals surface area (Å²) < 4.78 is 27.7. The number of piperidine rings is 1. The number of para-hydroxylation sites is 1. The Morgan fingerprint density at radius 1 is 1.20 bits per heavy atom. The van der Waals surface area contributed by atoms with Crippen LogP contribution in [0.3, 0.4) is 0 Å². The third-order valence-electron chi connectivity index (χ3n) is 5.46. The molecule has 1 aromatic carbocycles. The Kier molecular flexibility index (Phi) is 5.23. The fraction of sp³-hybridized carbons (Fsp3) is 0.381. The van der Waals surface area contributed by atoms with Crippen molar-refractivity contribution in [3.63, 3.8) is 0 Å². The van der Waals surface area contributed by atoms with Gasteiger partial charge in [-0.05, 0) is 50.8 Å².